The van der Waals surface area contributed by atoms with E-state index in [0.717, 1.165) is 0 Å². The van der Waals surface area contributed by atoms with Crippen molar-refractivity contribution in [3.63, 3.8) is 0 Å². The lowest BCUT2D eigenvalue weighted by Gasteiger charge is -2.36. The van der Waals surface area contributed by atoms with E-state index in [0.29, 0.717) is 43.2 Å². The number of aryl methyl sites for hydroxylation is 1. The first-order valence-electron chi connectivity index (χ1n) is 10.1. The quantitative estimate of drug-likeness (QED) is 0.329. The number of halogens is 1. The second-order valence-electron chi connectivity index (χ2n) is 7.38. The Morgan fingerprint density at radius 3 is 2.64 bits per heavy atom. The van der Waals surface area contributed by atoms with Gasteiger partial charge in [0.2, 0.25) is 11.5 Å². The van der Waals surface area contributed by atoms with Crippen molar-refractivity contribution in [2.75, 3.05) is 36.0 Å². The average Bonchev–Trinajstić information content (AvgIpc) is 3.28. The van der Waals surface area contributed by atoms with Gasteiger partial charge in [0.15, 0.2) is 5.75 Å². The first-order chi connectivity index (χ1) is 16.0. The molecule has 0 aliphatic carbocycles. The van der Waals surface area contributed by atoms with Crippen molar-refractivity contribution in [1.29, 1.82) is 0 Å². The fraction of sp³-hybridized carbons (Fsp3) is 0.250. The predicted octanol–water partition coefficient (Wildman–Crippen LogP) is 2.39. The van der Waals surface area contributed by atoms with Gasteiger partial charge in [-0.1, -0.05) is 12.1 Å². The summed E-state index contributed by atoms with van der Waals surface area (Å²) >= 11 is 0. The van der Waals surface area contributed by atoms with Gasteiger partial charge >= 0.3 is 11.6 Å². The van der Waals surface area contributed by atoms with Crippen LogP contribution in [0.25, 0.3) is 5.65 Å². The lowest BCUT2D eigenvalue weighted by Crippen LogP contribution is -2.47. The molecule has 12 nitrogen and oxygen atoms in total. The van der Waals surface area contributed by atoms with Gasteiger partial charge in [-0.2, -0.15) is 14.6 Å². The summed E-state index contributed by atoms with van der Waals surface area (Å²) < 4.78 is 21.4. The van der Waals surface area contributed by atoms with Crippen LogP contribution in [0.2, 0.25) is 0 Å². The standard InChI is InChI=1S/C20H18FN9O3/c1-13-10-16(18-25-24-12-29(18)26-13)33-20-17(30(31)32)19(22-11-23-20)28-8-6-27(7-9-28)15-5-3-2-4-14(15)21/h2-5,10-12H,6-9H2,1H3. The first-order valence-corrected chi connectivity index (χ1v) is 10.1. The van der Waals surface area contributed by atoms with Gasteiger partial charge in [0.1, 0.15) is 18.5 Å². The maximum atomic E-state index is 14.1. The van der Waals surface area contributed by atoms with E-state index in [1.807, 2.05) is 4.90 Å². The zero-order chi connectivity index (χ0) is 22.9. The highest BCUT2D eigenvalue weighted by Gasteiger charge is 2.31. The van der Waals surface area contributed by atoms with Crippen LogP contribution in [-0.4, -0.2) is 60.9 Å². The molecule has 1 saturated heterocycles. The molecule has 4 aromatic rings. The highest BCUT2D eigenvalue weighted by atomic mass is 19.1. The van der Waals surface area contributed by atoms with E-state index >= 15 is 0 Å². The molecule has 1 aliphatic heterocycles. The Morgan fingerprint density at radius 1 is 1.12 bits per heavy atom. The van der Waals surface area contributed by atoms with E-state index in [9.17, 15) is 14.5 Å². The van der Waals surface area contributed by atoms with Crippen LogP contribution in [0.3, 0.4) is 0 Å². The molecule has 1 aromatic carbocycles. The topological polar surface area (TPSA) is 128 Å². The average molecular weight is 451 g/mol. The number of benzene rings is 1. The highest BCUT2D eigenvalue weighted by molar-refractivity contribution is 5.65. The monoisotopic (exact) mass is 451 g/mol. The molecule has 0 saturated carbocycles. The molecule has 0 atom stereocenters. The Kier molecular flexibility index (Phi) is 5.12. The highest BCUT2D eigenvalue weighted by Crippen LogP contribution is 2.37. The van der Waals surface area contributed by atoms with E-state index in [4.69, 9.17) is 4.74 Å². The largest absolute Gasteiger partial charge is 0.429 e. The number of anilines is 2. The summed E-state index contributed by atoms with van der Waals surface area (Å²) in [5.41, 5.74) is 1.06. The molecule has 0 N–H and O–H groups in total. The number of nitro groups is 1. The zero-order valence-corrected chi connectivity index (χ0v) is 17.5. The molecule has 168 valence electrons. The van der Waals surface area contributed by atoms with Gasteiger partial charge in [0, 0.05) is 32.2 Å². The molecule has 1 aliphatic rings. The maximum absolute atomic E-state index is 14.1. The first kappa shape index (κ1) is 20.5. The van der Waals surface area contributed by atoms with E-state index < -0.39 is 4.92 Å². The number of aromatic nitrogens is 6. The van der Waals surface area contributed by atoms with Crippen molar-refractivity contribution >= 4 is 22.8 Å². The maximum Gasteiger partial charge on any atom is 0.373 e. The minimum Gasteiger partial charge on any atom is -0.429 e. The Morgan fingerprint density at radius 2 is 1.88 bits per heavy atom. The molecule has 3 aromatic heterocycles. The predicted molar refractivity (Wildman–Crippen MR) is 115 cm³/mol. The van der Waals surface area contributed by atoms with Crippen molar-refractivity contribution in [2.45, 2.75) is 6.92 Å². The molecule has 0 spiro atoms. The molecular formula is C20H18FN9O3. The molecule has 33 heavy (non-hydrogen) atoms. The third-order valence-corrected chi connectivity index (χ3v) is 5.29. The van der Waals surface area contributed by atoms with Crippen molar-refractivity contribution in [1.82, 2.24) is 29.8 Å². The van der Waals surface area contributed by atoms with Crippen LogP contribution in [0.1, 0.15) is 5.69 Å². The molecule has 0 unspecified atom stereocenters. The van der Waals surface area contributed by atoms with Gasteiger partial charge in [-0.3, -0.25) is 10.1 Å². The molecule has 0 radical (unpaired) electrons. The molecule has 0 amide bonds. The Labute approximate surface area is 186 Å². The molecular weight excluding hydrogens is 433 g/mol. The molecule has 1 fully saturated rings. The van der Waals surface area contributed by atoms with E-state index in [2.05, 4.69) is 25.3 Å². The van der Waals surface area contributed by atoms with Crippen LogP contribution in [0.4, 0.5) is 21.6 Å². The van der Waals surface area contributed by atoms with Gasteiger partial charge in [0.05, 0.1) is 16.3 Å². The number of hydrogen-bond donors (Lipinski definition) is 0. The summed E-state index contributed by atoms with van der Waals surface area (Å²) in [6, 6.07) is 8.14. The van der Waals surface area contributed by atoms with Crippen molar-refractivity contribution in [2.24, 2.45) is 0 Å². The molecule has 0 bridgehead atoms. The SMILES string of the molecule is Cc1cc(Oc2ncnc(N3CCN(c4ccccc4F)CC3)c2[N+](=O)[O-])c2nncn2n1. The Balaban J connectivity index is 1.44. The van der Waals surface area contributed by atoms with Gasteiger partial charge in [0.25, 0.3) is 0 Å². The van der Waals surface area contributed by atoms with Crippen molar-refractivity contribution in [3.05, 3.63) is 64.6 Å². The summed E-state index contributed by atoms with van der Waals surface area (Å²) in [7, 11) is 0. The lowest BCUT2D eigenvalue weighted by atomic mass is 10.2. The van der Waals surface area contributed by atoms with Crippen molar-refractivity contribution < 1.29 is 14.1 Å². The minimum atomic E-state index is -0.567. The number of nitrogens with zero attached hydrogens (tertiary/aromatic N) is 9. The fourth-order valence-electron chi connectivity index (χ4n) is 3.78. The summed E-state index contributed by atoms with van der Waals surface area (Å²) in [5, 5.41) is 24.0. The molecule has 5 rings (SSSR count). The number of piperazine rings is 1. The normalized spacial score (nSPS) is 14.0. The summed E-state index contributed by atoms with van der Waals surface area (Å²) in [4.78, 5) is 23.3. The minimum absolute atomic E-state index is 0.140. The van der Waals surface area contributed by atoms with Crippen LogP contribution in [0.15, 0.2) is 43.0 Å². The lowest BCUT2D eigenvalue weighted by molar-refractivity contribution is -0.385. The number of fused-ring (bicyclic) bond motifs is 1. The van der Waals surface area contributed by atoms with Crippen molar-refractivity contribution in [3.8, 4) is 11.6 Å². The third kappa shape index (κ3) is 3.84. The third-order valence-electron chi connectivity index (χ3n) is 5.29. The summed E-state index contributed by atoms with van der Waals surface area (Å²) in [6.45, 7) is 3.52. The van der Waals surface area contributed by atoms with E-state index in [1.54, 1.807) is 36.1 Å². The van der Waals surface area contributed by atoms with Gasteiger partial charge in [-0.15, -0.1) is 10.2 Å². The van der Waals surface area contributed by atoms with Crippen LogP contribution in [0, 0.1) is 22.9 Å². The van der Waals surface area contributed by atoms with Crippen LogP contribution >= 0.6 is 0 Å². The number of para-hydroxylation sites is 1. The van der Waals surface area contributed by atoms with Crippen LogP contribution in [0.5, 0.6) is 11.6 Å². The second-order valence-corrected chi connectivity index (χ2v) is 7.38. The number of rotatable bonds is 5. The van der Waals surface area contributed by atoms with E-state index in [1.165, 1.54) is 23.2 Å². The van der Waals surface area contributed by atoms with Crippen LogP contribution < -0.4 is 14.5 Å². The van der Waals surface area contributed by atoms with Crippen LogP contribution in [-0.2, 0) is 0 Å². The summed E-state index contributed by atoms with van der Waals surface area (Å²) in [6.07, 6.45) is 2.63. The molecule has 4 heterocycles. The molecule has 13 heteroatoms. The Bertz CT molecular complexity index is 1340. The van der Waals surface area contributed by atoms with Gasteiger partial charge in [-0.25, -0.2) is 9.37 Å². The fourth-order valence-corrected chi connectivity index (χ4v) is 3.78. The smallest absolute Gasteiger partial charge is 0.373 e. The second kappa shape index (κ2) is 8.26. The van der Waals surface area contributed by atoms with Gasteiger partial charge in [-0.05, 0) is 19.1 Å². The number of hydrogen-bond acceptors (Lipinski definition) is 10. The zero-order valence-electron chi connectivity index (χ0n) is 17.5. The van der Waals surface area contributed by atoms with Gasteiger partial charge < -0.3 is 14.5 Å². The Hall–Kier alpha value is -4.42. The summed E-state index contributed by atoms with van der Waals surface area (Å²) in [5.74, 6) is -0.141. The van der Waals surface area contributed by atoms with E-state index in [-0.39, 0.29) is 29.0 Å². The number of ether oxygens (including phenoxy) is 1.